The molecule has 0 aliphatic heterocycles. The van der Waals surface area contributed by atoms with Gasteiger partial charge < -0.3 is 15.2 Å². The van der Waals surface area contributed by atoms with Crippen molar-refractivity contribution in [3.05, 3.63) is 65.8 Å². The first-order valence-corrected chi connectivity index (χ1v) is 9.72. The van der Waals surface area contributed by atoms with Gasteiger partial charge in [0.2, 0.25) is 0 Å². The Bertz CT molecular complexity index is 886. The fourth-order valence-corrected chi connectivity index (χ4v) is 3.12. The van der Waals surface area contributed by atoms with Crippen LogP contribution in [0.1, 0.15) is 49.6 Å². The van der Waals surface area contributed by atoms with Gasteiger partial charge in [0.15, 0.2) is 11.7 Å². The van der Waals surface area contributed by atoms with Crippen molar-refractivity contribution in [1.82, 2.24) is 25.6 Å². The number of hydrogen-bond acceptors (Lipinski definition) is 4. The molecule has 0 aliphatic rings. The van der Waals surface area contributed by atoms with Crippen molar-refractivity contribution in [3.63, 3.8) is 0 Å². The second-order valence-corrected chi connectivity index (χ2v) is 6.63. The summed E-state index contributed by atoms with van der Waals surface area (Å²) in [4.78, 5) is 4.28. The maximum absolute atomic E-state index is 5.46. The minimum Gasteiger partial charge on any atom is -0.359 e. The number of hydrogen-bond donors (Lipinski definition) is 2. The highest BCUT2D eigenvalue weighted by atomic mass is 127. The minimum absolute atomic E-state index is 0. The highest BCUT2D eigenvalue weighted by Gasteiger charge is 2.13. The molecule has 0 atom stereocenters. The molecule has 0 unspecified atom stereocenters. The van der Waals surface area contributed by atoms with E-state index in [2.05, 4.69) is 51.9 Å². The molecule has 29 heavy (non-hydrogen) atoms. The van der Waals surface area contributed by atoms with Gasteiger partial charge >= 0.3 is 0 Å². The second kappa shape index (κ2) is 11.6. The van der Waals surface area contributed by atoms with Gasteiger partial charge in [-0.2, -0.15) is 5.10 Å². The summed E-state index contributed by atoms with van der Waals surface area (Å²) in [7, 11) is 1.76. The van der Waals surface area contributed by atoms with Crippen LogP contribution in [0, 0.1) is 0 Å². The first-order chi connectivity index (χ1) is 13.7. The lowest BCUT2D eigenvalue weighted by molar-refractivity contribution is 0.368. The molecular formula is C21H29IN6O. The summed E-state index contributed by atoms with van der Waals surface area (Å²) in [6, 6.07) is 12.2. The molecule has 0 saturated heterocycles. The van der Waals surface area contributed by atoms with E-state index in [1.807, 2.05) is 35.1 Å². The van der Waals surface area contributed by atoms with E-state index in [1.54, 1.807) is 13.2 Å². The van der Waals surface area contributed by atoms with Crippen LogP contribution in [-0.4, -0.2) is 27.9 Å². The SMILES string of the molecule is CCC(CC)c1cc(CNC(=NC)NCc2cccc(-n3cccn3)c2)on1.I. The first kappa shape index (κ1) is 22.9. The van der Waals surface area contributed by atoms with Crippen molar-refractivity contribution in [2.45, 2.75) is 45.7 Å². The number of halogens is 1. The van der Waals surface area contributed by atoms with E-state index < -0.39 is 0 Å². The molecule has 0 amide bonds. The third-order valence-electron chi connectivity index (χ3n) is 4.77. The van der Waals surface area contributed by atoms with Crippen molar-refractivity contribution in [1.29, 1.82) is 0 Å². The van der Waals surface area contributed by atoms with Gasteiger partial charge in [0.1, 0.15) is 0 Å². The molecule has 156 valence electrons. The van der Waals surface area contributed by atoms with E-state index in [-0.39, 0.29) is 24.0 Å². The van der Waals surface area contributed by atoms with Crippen LogP contribution in [0.25, 0.3) is 5.69 Å². The van der Waals surface area contributed by atoms with Gasteiger partial charge in [-0.25, -0.2) is 4.68 Å². The standard InChI is InChI=1S/C21H28N6O.HI/c1-4-17(5-2)20-13-19(28-26-20)15-24-21(22-3)23-14-16-8-6-9-18(12-16)27-11-7-10-25-27;/h6-13,17H,4-5,14-15H2,1-3H3,(H2,22,23,24);1H. The number of guanidine groups is 1. The number of aromatic nitrogens is 3. The van der Waals surface area contributed by atoms with Gasteiger partial charge in [-0.05, 0) is 36.6 Å². The van der Waals surface area contributed by atoms with Crippen molar-refractivity contribution in [2.24, 2.45) is 4.99 Å². The Morgan fingerprint density at radius 3 is 2.62 bits per heavy atom. The fraction of sp³-hybridized carbons (Fsp3) is 0.381. The summed E-state index contributed by atoms with van der Waals surface area (Å²) in [6.07, 6.45) is 5.84. The van der Waals surface area contributed by atoms with Gasteiger partial charge in [0, 0.05) is 38.0 Å². The van der Waals surface area contributed by atoms with Crippen LogP contribution in [0.4, 0.5) is 0 Å². The predicted octanol–water partition coefficient (Wildman–Crippen LogP) is 4.25. The molecule has 1 aromatic carbocycles. The predicted molar refractivity (Wildman–Crippen MR) is 126 cm³/mol. The second-order valence-electron chi connectivity index (χ2n) is 6.63. The maximum atomic E-state index is 5.46. The molecule has 3 aromatic rings. The van der Waals surface area contributed by atoms with Crippen LogP contribution >= 0.6 is 24.0 Å². The van der Waals surface area contributed by atoms with Crippen LogP contribution in [0.2, 0.25) is 0 Å². The molecule has 2 heterocycles. The zero-order valence-electron chi connectivity index (χ0n) is 17.1. The third-order valence-corrected chi connectivity index (χ3v) is 4.77. The zero-order chi connectivity index (χ0) is 19.8. The van der Waals surface area contributed by atoms with E-state index in [4.69, 9.17) is 4.52 Å². The Morgan fingerprint density at radius 1 is 1.14 bits per heavy atom. The van der Waals surface area contributed by atoms with Crippen molar-refractivity contribution in [3.8, 4) is 5.69 Å². The number of nitrogens with one attached hydrogen (secondary N) is 2. The van der Waals surface area contributed by atoms with Gasteiger partial charge in [0.25, 0.3) is 0 Å². The van der Waals surface area contributed by atoms with E-state index in [0.717, 1.165) is 35.5 Å². The third kappa shape index (κ3) is 6.31. The Hall–Kier alpha value is -2.36. The van der Waals surface area contributed by atoms with Gasteiger partial charge in [-0.15, -0.1) is 24.0 Å². The number of rotatable bonds is 8. The highest BCUT2D eigenvalue weighted by molar-refractivity contribution is 14.0. The van der Waals surface area contributed by atoms with Crippen LogP contribution in [0.5, 0.6) is 0 Å². The van der Waals surface area contributed by atoms with E-state index >= 15 is 0 Å². The molecule has 0 aliphatic carbocycles. The molecule has 3 rings (SSSR count). The molecular weight excluding hydrogens is 479 g/mol. The number of benzene rings is 1. The molecule has 0 saturated carbocycles. The summed E-state index contributed by atoms with van der Waals surface area (Å²) in [5.74, 6) is 1.98. The van der Waals surface area contributed by atoms with Gasteiger partial charge in [0.05, 0.1) is 17.9 Å². The lowest BCUT2D eigenvalue weighted by Crippen LogP contribution is -2.36. The average Bonchev–Trinajstić information content (AvgIpc) is 3.42. The lowest BCUT2D eigenvalue weighted by Gasteiger charge is -2.11. The highest BCUT2D eigenvalue weighted by Crippen LogP contribution is 2.22. The van der Waals surface area contributed by atoms with Crippen molar-refractivity contribution in [2.75, 3.05) is 7.05 Å². The summed E-state index contributed by atoms with van der Waals surface area (Å²) in [6.45, 7) is 5.55. The molecule has 8 heteroatoms. The molecule has 7 nitrogen and oxygen atoms in total. The zero-order valence-corrected chi connectivity index (χ0v) is 19.5. The largest absolute Gasteiger partial charge is 0.359 e. The monoisotopic (exact) mass is 508 g/mol. The number of nitrogens with zero attached hydrogens (tertiary/aromatic N) is 4. The van der Waals surface area contributed by atoms with Crippen LogP contribution in [0.15, 0.2) is 58.3 Å². The average molecular weight is 508 g/mol. The Kier molecular flexibility index (Phi) is 9.17. The Balaban J connectivity index is 0.00000300. The number of aliphatic imine (C=N–C) groups is 1. The van der Waals surface area contributed by atoms with Crippen molar-refractivity contribution >= 4 is 29.9 Å². The topological polar surface area (TPSA) is 80.3 Å². The summed E-state index contributed by atoms with van der Waals surface area (Å²) < 4.78 is 7.30. The fourth-order valence-electron chi connectivity index (χ4n) is 3.12. The minimum atomic E-state index is 0. The molecule has 0 spiro atoms. The summed E-state index contributed by atoms with van der Waals surface area (Å²) in [5, 5.41) is 15.1. The van der Waals surface area contributed by atoms with E-state index in [1.165, 1.54) is 0 Å². The van der Waals surface area contributed by atoms with Crippen LogP contribution in [0.3, 0.4) is 0 Å². The molecule has 0 bridgehead atoms. The quantitative estimate of drug-likeness (QED) is 0.270. The summed E-state index contributed by atoms with van der Waals surface area (Å²) >= 11 is 0. The molecule has 0 fully saturated rings. The first-order valence-electron chi connectivity index (χ1n) is 9.72. The molecule has 0 radical (unpaired) electrons. The summed E-state index contributed by atoms with van der Waals surface area (Å²) in [5.41, 5.74) is 3.20. The van der Waals surface area contributed by atoms with Gasteiger partial charge in [-0.1, -0.05) is 31.1 Å². The smallest absolute Gasteiger partial charge is 0.191 e. The molecule has 2 aromatic heterocycles. The van der Waals surface area contributed by atoms with E-state index in [0.29, 0.717) is 25.0 Å². The van der Waals surface area contributed by atoms with Crippen molar-refractivity contribution < 1.29 is 4.52 Å². The molecule has 2 N–H and O–H groups in total. The van der Waals surface area contributed by atoms with Gasteiger partial charge in [-0.3, -0.25) is 4.99 Å². The van der Waals surface area contributed by atoms with Crippen LogP contribution in [-0.2, 0) is 13.1 Å². The van der Waals surface area contributed by atoms with E-state index in [9.17, 15) is 0 Å². The Morgan fingerprint density at radius 2 is 1.93 bits per heavy atom. The Labute approximate surface area is 189 Å². The van der Waals surface area contributed by atoms with Crippen LogP contribution < -0.4 is 10.6 Å². The maximum Gasteiger partial charge on any atom is 0.191 e. The normalized spacial score (nSPS) is 11.4. The lowest BCUT2D eigenvalue weighted by atomic mass is 9.99.